The highest BCUT2D eigenvalue weighted by molar-refractivity contribution is 6.76. The molecule has 0 atom stereocenters. The molecule has 0 saturated heterocycles. The molecule has 0 aromatic heterocycles. The van der Waals surface area contributed by atoms with E-state index in [1.54, 1.807) is 0 Å². The minimum Gasteiger partial charge on any atom is -0.374 e. The van der Waals surface area contributed by atoms with Gasteiger partial charge < -0.3 is 17.8 Å². The fraction of sp³-hybridized carbons (Fsp3) is 1.00. The molecule has 110 valence electrons. The molecule has 6 heteroatoms. The Hall–Kier alpha value is 0.274. The highest BCUT2D eigenvalue weighted by Gasteiger charge is 2.42. The van der Waals surface area contributed by atoms with Crippen molar-refractivity contribution in [3.63, 3.8) is 0 Å². The van der Waals surface area contributed by atoms with Crippen molar-refractivity contribution in [1.82, 2.24) is 4.57 Å². The molecule has 0 aliphatic heterocycles. The fourth-order valence-electron chi connectivity index (χ4n) is 1.68. The highest BCUT2D eigenvalue weighted by Crippen LogP contribution is 2.24. The molecule has 0 radical (unpaired) electrons. The van der Waals surface area contributed by atoms with E-state index >= 15 is 0 Å². The van der Waals surface area contributed by atoms with Gasteiger partial charge in [0, 0.05) is 25.9 Å². The summed E-state index contributed by atoms with van der Waals surface area (Å²) in [6, 6.07) is 2.08. The van der Waals surface area contributed by atoms with E-state index in [1.165, 1.54) is 0 Å². The summed E-state index contributed by atoms with van der Waals surface area (Å²) < 4.78 is 20.0. The zero-order valence-corrected chi connectivity index (χ0v) is 15.2. The molecule has 0 N–H and O–H groups in total. The molecule has 0 amide bonds. The average Bonchev–Trinajstić information content (AvgIpc) is 2.27. The Morgan fingerprint density at radius 1 is 0.778 bits per heavy atom. The third-order valence-corrected chi connectivity index (χ3v) is 10.8. The minimum atomic E-state index is -2.44. The van der Waals surface area contributed by atoms with Crippen LogP contribution in [0.2, 0.25) is 25.2 Å². The van der Waals surface area contributed by atoms with E-state index in [2.05, 4.69) is 31.8 Å². The molecule has 0 bridgehead atoms. The van der Waals surface area contributed by atoms with Gasteiger partial charge in [-0.15, -0.1) is 0 Å². The second-order valence-electron chi connectivity index (χ2n) is 5.19. The summed E-state index contributed by atoms with van der Waals surface area (Å²) >= 11 is 0. The van der Waals surface area contributed by atoms with E-state index in [0.29, 0.717) is 19.8 Å². The van der Waals surface area contributed by atoms with Crippen molar-refractivity contribution in [2.24, 2.45) is 0 Å². The first-order chi connectivity index (χ1) is 8.33. The van der Waals surface area contributed by atoms with E-state index in [-0.39, 0.29) is 0 Å². The van der Waals surface area contributed by atoms with Crippen molar-refractivity contribution in [1.29, 1.82) is 0 Å². The van der Waals surface area contributed by atoms with Crippen molar-refractivity contribution in [2.45, 2.75) is 46.0 Å². The van der Waals surface area contributed by atoms with Crippen LogP contribution in [0, 0.1) is 0 Å². The Morgan fingerprint density at radius 3 is 1.44 bits per heavy atom. The predicted octanol–water partition coefficient (Wildman–Crippen LogP) is 2.80. The van der Waals surface area contributed by atoms with Gasteiger partial charge in [-0.1, -0.05) is 13.1 Å². The van der Waals surface area contributed by atoms with Gasteiger partial charge in [-0.05, 0) is 40.9 Å². The molecule has 18 heavy (non-hydrogen) atoms. The van der Waals surface area contributed by atoms with Gasteiger partial charge >= 0.3 is 8.80 Å². The van der Waals surface area contributed by atoms with Crippen LogP contribution in [0.25, 0.3) is 0 Å². The van der Waals surface area contributed by atoms with Gasteiger partial charge in [0.25, 0.3) is 0 Å². The Labute approximate surface area is 115 Å². The van der Waals surface area contributed by atoms with E-state index in [1.807, 2.05) is 20.8 Å². The van der Waals surface area contributed by atoms with Crippen molar-refractivity contribution >= 4 is 17.0 Å². The van der Waals surface area contributed by atoms with Crippen LogP contribution in [-0.4, -0.2) is 55.5 Å². The van der Waals surface area contributed by atoms with Crippen LogP contribution in [0.3, 0.4) is 0 Å². The number of hydrogen-bond donors (Lipinski definition) is 0. The van der Waals surface area contributed by atoms with Gasteiger partial charge in [0.2, 0.25) is 0 Å². The van der Waals surface area contributed by atoms with Gasteiger partial charge in [0.15, 0.2) is 0 Å². The Kier molecular flexibility index (Phi) is 8.57. The van der Waals surface area contributed by atoms with Crippen LogP contribution in [0.15, 0.2) is 0 Å². The Morgan fingerprint density at radius 2 is 1.17 bits per heavy atom. The lowest BCUT2D eigenvalue weighted by Gasteiger charge is -2.34. The van der Waals surface area contributed by atoms with Crippen molar-refractivity contribution in [3.8, 4) is 0 Å². The van der Waals surface area contributed by atoms with Gasteiger partial charge in [0.05, 0.1) is 0 Å². The first-order valence-electron chi connectivity index (χ1n) is 6.92. The largest absolute Gasteiger partial charge is 0.500 e. The summed E-state index contributed by atoms with van der Waals surface area (Å²) in [5.74, 6) is 0. The fourth-order valence-corrected chi connectivity index (χ4v) is 7.81. The lowest BCUT2D eigenvalue weighted by molar-refractivity contribution is 0.0724. The second-order valence-corrected chi connectivity index (χ2v) is 12.9. The first-order valence-corrected chi connectivity index (χ1v) is 12.0. The molecule has 0 aliphatic rings. The van der Waals surface area contributed by atoms with E-state index in [4.69, 9.17) is 13.3 Å². The van der Waals surface area contributed by atoms with E-state index in [9.17, 15) is 0 Å². The maximum Gasteiger partial charge on any atom is 0.500 e. The van der Waals surface area contributed by atoms with Crippen LogP contribution >= 0.6 is 0 Å². The lowest BCUT2D eigenvalue weighted by Crippen LogP contribution is -2.50. The van der Waals surface area contributed by atoms with Crippen LogP contribution in [-0.2, 0) is 13.3 Å². The quantitative estimate of drug-likeness (QED) is 0.580. The molecule has 0 aromatic carbocycles. The molecule has 0 aromatic rings. The van der Waals surface area contributed by atoms with Crippen molar-refractivity contribution in [3.05, 3.63) is 0 Å². The lowest BCUT2D eigenvalue weighted by atomic mass is 10.9. The molecule has 0 unspecified atom stereocenters. The Balaban J connectivity index is 4.65. The van der Waals surface area contributed by atoms with Crippen LogP contribution in [0.4, 0.5) is 0 Å². The van der Waals surface area contributed by atoms with Crippen molar-refractivity contribution < 1.29 is 13.3 Å². The zero-order chi connectivity index (χ0) is 14.2. The third kappa shape index (κ3) is 5.94. The van der Waals surface area contributed by atoms with Gasteiger partial charge in [-0.2, -0.15) is 0 Å². The molecule has 0 saturated carbocycles. The summed E-state index contributed by atoms with van der Waals surface area (Å²) in [4.78, 5) is 0. The summed E-state index contributed by atoms with van der Waals surface area (Å²) in [6.45, 7) is 12.8. The van der Waals surface area contributed by atoms with Gasteiger partial charge in [-0.25, -0.2) is 0 Å². The predicted molar refractivity (Wildman–Crippen MR) is 81.4 cm³/mol. The summed E-state index contributed by atoms with van der Waals surface area (Å²) in [5.41, 5.74) is 0. The SMILES string of the molecule is CCO[Si](CC[Si](C)(C)N(C)C)(OCC)OCC. The summed E-state index contributed by atoms with van der Waals surface area (Å²) in [7, 11) is 0.536. The van der Waals surface area contributed by atoms with Crippen LogP contribution in [0.5, 0.6) is 0 Å². The molecule has 0 spiro atoms. The molecule has 0 rings (SSSR count). The second kappa shape index (κ2) is 8.45. The standard InChI is InChI=1S/C12H31NO3Si2/c1-8-14-18(15-9-2,16-10-3)12-11-17(6,7)13(4)5/h8-12H2,1-7H3. The normalized spacial score (nSPS) is 13.3. The number of nitrogens with zero attached hydrogens (tertiary/aromatic N) is 1. The van der Waals surface area contributed by atoms with Crippen molar-refractivity contribution in [2.75, 3.05) is 33.9 Å². The topological polar surface area (TPSA) is 30.9 Å². The van der Waals surface area contributed by atoms with E-state index in [0.717, 1.165) is 12.1 Å². The smallest absolute Gasteiger partial charge is 0.374 e. The molecular weight excluding hydrogens is 262 g/mol. The number of hydrogen-bond acceptors (Lipinski definition) is 4. The van der Waals surface area contributed by atoms with E-state index < -0.39 is 17.0 Å². The third-order valence-electron chi connectivity index (χ3n) is 3.35. The van der Waals surface area contributed by atoms with Gasteiger partial charge in [0.1, 0.15) is 8.24 Å². The van der Waals surface area contributed by atoms with Crippen LogP contribution < -0.4 is 0 Å². The number of rotatable bonds is 10. The highest BCUT2D eigenvalue weighted by atomic mass is 28.4. The minimum absolute atomic E-state index is 0.663. The van der Waals surface area contributed by atoms with Gasteiger partial charge in [-0.3, -0.25) is 0 Å². The molecule has 0 fully saturated rings. The molecule has 4 nitrogen and oxygen atoms in total. The zero-order valence-electron chi connectivity index (χ0n) is 13.2. The maximum atomic E-state index is 5.88. The average molecular weight is 294 g/mol. The molecular formula is C12H31NO3Si2. The Bertz CT molecular complexity index is 208. The van der Waals surface area contributed by atoms with Crippen LogP contribution in [0.1, 0.15) is 20.8 Å². The maximum absolute atomic E-state index is 5.88. The summed E-state index contributed by atoms with van der Waals surface area (Å²) in [6.07, 6.45) is 0. The monoisotopic (exact) mass is 293 g/mol. The summed E-state index contributed by atoms with van der Waals surface area (Å²) in [5, 5.41) is 0. The molecule has 0 aliphatic carbocycles. The first kappa shape index (κ1) is 18.3. The molecule has 0 heterocycles.